The number of benzene rings is 1. The number of hydrogen-bond acceptors (Lipinski definition) is 6. The van der Waals surface area contributed by atoms with E-state index in [2.05, 4.69) is 15.5 Å². The van der Waals surface area contributed by atoms with Crippen molar-refractivity contribution >= 4 is 21.6 Å². The van der Waals surface area contributed by atoms with Gasteiger partial charge in [0.25, 0.3) is 0 Å². The summed E-state index contributed by atoms with van der Waals surface area (Å²) in [5, 5.41) is 6.64. The van der Waals surface area contributed by atoms with E-state index in [1.54, 1.807) is 28.6 Å². The van der Waals surface area contributed by atoms with Gasteiger partial charge in [-0.3, -0.25) is 4.79 Å². The normalized spacial score (nSPS) is 15.8. The van der Waals surface area contributed by atoms with E-state index in [0.717, 1.165) is 38.5 Å². The smallest absolute Gasteiger partial charge is 0.243 e. The Morgan fingerprint density at radius 2 is 1.79 bits per heavy atom. The van der Waals surface area contributed by atoms with Crippen LogP contribution in [0.25, 0.3) is 0 Å². The summed E-state index contributed by atoms with van der Waals surface area (Å²) in [5.41, 5.74) is 0.557. The van der Waals surface area contributed by atoms with E-state index >= 15 is 0 Å². The molecular formula is C20H28N4O4S. The standard InChI is InChI=1S/C20H28N4O4S/c1-2-7-18-22-20(28-23-18)13-12-19(25)21-16-8-10-17(11-9-16)29(26,27)24-14-5-3-4-6-15-24/h8-11H,2-7,12-15H2,1H3,(H,21,25). The van der Waals surface area contributed by atoms with Crippen LogP contribution in [0.1, 0.15) is 57.2 Å². The van der Waals surface area contributed by atoms with E-state index in [4.69, 9.17) is 4.52 Å². The van der Waals surface area contributed by atoms with Crippen LogP contribution < -0.4 is 5.32 Å². The minimum absolute atomic E-state index is 0.191. The SMILES string of the molecule is CCCc1noc(CCC(=O)Nc2ccc(S(=O)(=O)N3CCCCCC3)cc2)n1. The lowest BCUT2D eigenvalue weighted by atomic mass is 10.2. The largest absolute Gasteiger partial charge is 0.339 e. The second-order valence-electron chi connectivity index (χ2n) is 7.25. The molecule has 0 unspecified atom stereocenters. The molecule has 8 nitrogen and oxygen atoms in total. The number of rotatable bonds is 8. The average molecular weight is 421 g/mol. The molecule has 158 valence electrons. The second-order valence-corrected chi connectivity index (χ2v) is 9.18. The number of carbonyl (C=O) groups excluding carboxylic acids is 1. The number of aryl methyl sites for hydroxylation is 2. The van der Waals surface area contributed by atoms with Crippen LogP contribution in [-0.4, -0.2) is 41.9 Å². The van der Waals surface area contributed by atoms with Crippen LogP contribution in [0.2, 0.25) is 0 Å². The Hall–Kier alpha value is -2.26. The number of aromatic nitrogens is 2. The molecule has 1 N–H and O–H groups in total. The van der Waals surface area contributed by atoms with Crippen molar-refractivity contribution in [3.8, 4) is 0 Å². The summed E-state index contributed by atoms with van der Waals surface area (Å²) in [6.45, 7) is 3.17. The molecule has 1 aliphatic heterocycles. The number of nitrogens with one attached hydrogen (secondary N) is 1. The van der Waals surface area contributed by atoms with E-state index in [0.29, 0.717) is 36.9 Å². The summed E-state index contributed by atoms with van der Waals surface area (Å²) in [4.78, 5) is 16.7. The van der Waals surface area contributed by atoms with Crippen LogP contribution in [0.4, 0.5) is 5.69 Å². The summed E-state index contributed by atoms with van der Waals surface area (Å²) >= 11 is 0. The zero-order valence-electron chi connectivity index (χ0n) is 16.8. The maximum atomic E-state index is 12.8. The zero-order valence-corrected chi connectivity index (χ0v) is 17.6. The second kappa shape index (κ2) is 9.98. The van der Waals surface area contributed by atoms with Crippen LogP contribution in [-0.2, 0) is 27.7 Å². The van der Waals surface area contributed by atoms with Gasteiger partial charge in [-0.15, -0.1) is 0 Å². The molecule has 1 fully saturated rings. The summed E-state index contributed by atoms with van der Waals surface area (Å²) in [5.74, 6) is 0.912. The molecule has 0 bridgehead atoms. The predicted octanol–water partition coefficient (Wildman–Crippen LogP) is 3.16. The molecule has 29 heavy (non-hydrogen) atoms. The Kier molecular flexibility index (Phi) is 7.38. The van der Waals surface area contributed by atoms with Crippen molar-refractivity contribution in [2.75, 3.05) is 18.4 Å². The molecule has 2 aromatic rings. The molecule has 9 heteroatoms. The first kappa shape index (κ1) is 21.4. The molecule has 0 atom stereocenters. The molecule has 1 aromatic heterocycles. The quantitative estimate of drug-likeness (QED) is 0.703. The van der Waals surface area contributed by atoms with Crippen molar-refractivity contribution in [2.45, 2.75) is 63.2 Å². The van der Waals surface area contributed by atoms with Gasteiger partial charge in [0, 0.05) is 38.0 Å². The van der Waals surface area contributed by atoms with Gasteiger partial charge in [0.2, 0.25) is 21.8 Å². The molecule has 1 aromatic carbocycles. The van der Waals surface area contributed by atoms with E-state index in [1.165, 1.54) is 0 Å². The first-order chi connectivity index (χ1) is 14.0. The maximum Gasteiger partial charge on any atom is 0.243 e. The highest BCUT2D eigenvalue weighted by atomic mass is 32.2. The summed E-state index contributed by atoms with van der Waals surface area (Å²) in [7, 11) is -3.49. The first-order valence-electron chi connectivity index (χ1n) is 10.2. The predicted molar refractivity (Wildman–Crippen MR) is 109 cm³/mol. The van der Waals surface area contributed by atoms with E-state index in [9.17, 15) is 13.2 Å². The number of carbonyl (C=O) groups is 1. The van der Waals surface area contributed by atoms with Crippen molar-refractivity contribution in [1.82, 2.24) is 14.4 Å². The minimum Gasteiger partial charge on any atom is -0.339 e. The highest BCUT2D eigenvalue weighted by Crippen LogP contribution is 2.22. The van der Waals surface area contributed by atoms with Crippen LogP contribution in [0.5, 0.6) is 0 Å². The van der Waals surface area contributed by atoms with Crippen LogP contribution >= 0.6 is 0 Å². The third kappa shape index (κ3) is 5.86. The zero-order chi connectivity index (χ0) is 20.7. The number of sulfonamides is 1. The van der Waals surface area contributed by atoms with Gasteiger partial charge >= 0.3 is 0 Å². The van der Waals surface area contributed by atoms with Crippen LogP contribution in [0.15, 0.2) is 33.7 Å². The molecule has 0 aliphatic carbocycles. The van der Waals surface area contributed by atoms with E-state index in [1.807, 2.05) is 6.92 Å². The van der Waals surface area contributed by atoms with Gasteiger partial charge in [0.05, 0.1) is 4.90 Å². The Balaban J connectivity index is 1.54. The van der Waals surface area contributed by atoms with E-state index in [-0.39, 0.29) is 17.2 Å². The number of anilines is 1. The fourth-order valence-corrected chi connectivity index (χ4v) is 4.82. The third-order valence-corrected chi connectivity index (χ3v) is 6.80. The Bertz CT molecular complexity index is 901. The van der Waals surface area contributed by atoms with Gasteiger partial charge in [0.15, 0.2) is 5.82 Å². The Morgan fingerprint density at radius 3 is 2.45 bits per heavy atom. The summed E-state index contributed by atoms with van der Waals surface area (Å²) < 4.78 is 32.3. The summed E-state index contributed by atoms with van der Waals surface area (Å²) in [6, 6.07) is 6.33. The Labute approximate surface area is 171 Å². The van der Waals surface area contributed by atoms with Crippen molar-refractivity contribution in [2.24, 2.45) is 0 Å². The number of hydrogen-bond donors (Lipinski definition) is 1. The van der Waals surface area contributed by atoms with Gasteiger partial charge < -0.3 is 9.84 Å². The monoisotopic (exact) mass is 420 g/mol. The highest BCUT2D eigenvalue weighted by molar-refractivity contribution is 7.89. The average Bonchev–Trinajstić information content (AvgIpc) is 2.97. The van der Waals surface area contributed by atoms with Gasteiger partial charge in [-0.2, -0.15) is 9.29 Å². The molecular weight excluding hydrogens is 392 g/mol. The molecule has 0 radical (unpaired) electrons. The van der Waals surface area contributed by atoms with Crippen molar-refractivity contribution in [3.05, 3.63) is 36.0 Å². The van der Waals surface area contributed by atoms with E-state index < -0.39 is 10.0 Å². The summed E-state index contributed by atoms with van der Waals surface area (Å²) in [6.07, 6.45) is 6.19. The maximum absolute atomic E-state index is 12.8. The van der Waals surface area contributed by atoms with Gasteiger partial charge in [-0.05, 0) is 43.5 Å². The number of nitrogens with zero attached hydrogens (tertiary/aromatic N) is 3. The third-order valence-electron chi connectivity index (χ3n) is 4.89. The van der Waals surface area contributed by atoms with Crippen molar-refractivity contribution in [3.63, 3.8) is 0 Å². The highest BCUT2D eigenvalue weighted by Gasteiger charge is 2.25. The fraction of sp³-hybridized carbons (Fsp3) is 0.550. The van der Waals surface area contributed by atoms with Crippen molar-refractivity contribution < 1.29 is 17.7 Å². The lowest BCUT2D eigenvalue weighted by molar-refractivity contribution is -0.116. The molecule has 0 saturated carbocycles. The topological polar surface area (TPSA) is 105 Å². The van der Waals surface area contributed by atoms with Crippen LogP contribution in [0, 0.1) is 0 Å². The van der Waals surface area contributed by atoms with Gasteiger partial charge in [-0.25, -0.2) is 8.42 Å². The molecule has 2 heterocycles. The molecule has 1 amide bonds. The Morgan fingerprint density at radius 1 is 1.10 bits per heavy atom. The number of amides is 1. The molecule has 1 saturated heterocycles. The molecule has 0 spiro atoms. The minimum atomic E-state index is -3.49. The lowest BCUT2D eigenvalue weighted by Gasteiger charge is -2.20. The van der Waals surface area contributed by atoms with Gasteiger partial charge in [-0.1, -0.05) is 24.9 Å². The fourth-order valence-electron chi connectivity index (χ4n) is 3.30. The molecule has 1 aliphatic rings. The first-order valence-corrected chi connectivity index (χ1v) is 11.6. The molecule has 3 rings (SSSR count). The van der Waals surface area contributed by atoms with Gasteiger partial charge in [0.1, 0.15) is 0 Å². The van der Waals surface area contributed by atoms with Crippen LogP contribution in [0.3, 0.4) is 0 Å². The lowest BCUT2D eigenvalue weighted by Crippen LogP contribution is -2.31. The van der Waals surface area contributed by atoms with Crippen molar-refractivity contribution in [1.29, 1.82) is 0 Å².